The number of hydrogen-bond acceptors (Lipinski definition) is 7. The number of rotatable bonds is 9. The number of aromatic nitrogens is 6. The summed E-state index contributed by atoms with van der Waals surface area (Å²) in [5, 5.41) is 11.3. The van der Waals surface area contributed by atoms with Crippen LogP contribution in [0.1, 0.15) is 13.8 Å². The fourth-order valence-corrected chi connectivity index (χ4v) is 4.72. The zero-order chi connectivity index (χ0) is 30.1. The monoisotopic (exact) mass is 578 g/mol. The molecule has 218 valence electrons. The molecule has 5 heterocycles. The third-order valence-corrected chi connectivity index (χ3v) is 6.99. The predicted molar refractivity (Wildman–Crippen MR) is 165 cm³/mol. The number of ether oxygens (including phenoxy) is 1. The van der Waals surface area contributed by atoms with Crippen molar-refractivity contribution in [1.82, 2.24) is 35.0 Å². The van der Waals surface area contributed by atoms with Crippen molar-refractivity contribution in [2.75, 3.05) is 32.6 Å². The van der Waals surface area contributed by atoms with E-state index in [0.717, 1.165) is 27.7 Å². The van der Waals surface area contributed by atoms with Gasteiger partial charge in [0, 0.05) is 53.0 Å². The molecule has 3 N–H and O–H groups in total. The Labute approximate surface area is 247 Å². The summed E-state index contributed by atoms with van der Waals surface area (Å²) in [6.45, 7) is 4.83. The van der Waals surface area contributed by atoms with Crippen LogP contribution < -0.4 is 10.1 Å². The molecule has 43 heavy (non-hydrogen) atoms. The summed E-state index contributed by atoms with van der Waals surface area (Å²) in [6.07, 6.45) is 5.00. The number of carbonyl (C=O) groups is 1. The Bertz CT molecular complexity index is 1950. The van der Waals surface area contributed by atoms with E-state index in [2.05, 4.69) is 30.5 Å². The number of halogens is 1. The van der Waals surface area contributed by atoms with Crippen molar-refractivity contribution in [2.24, 2.45) is 5.92 Å². The minimum absolute atomic E-state index is 0.0847. The largest absolute Gasteiger partial charge is 0.492 e. The number of nitrogens with zero attached hydrogens (tertiary/aromatic N) is 5. The van der Waals surface area contributed by atoms with Gasteiger partial charge in [-0.05, 0) is 56.6 Å². The smallest absolute Gasteiger partial charge is 0.226 e. The standard InChI is InChI=1S/C32H31FN8O2/c1-18(2)32(42)36-22-12-20(16-34-17-22)25-5-6-27-30(38-25)31(40-39-27)28-15-24-26(37-28)7-8-35-29(24)19-11-21(33)14-23(13-19)43-10-9-41(3)4/h5-8,11-18,37H,9-10H2,1-4H3,(H,36,42)(H,39,40). The van der Waals surface area contributed by atoms with Crippen molar-refractivity contribution in [2.45, 2.75) is 13.8 Å². The topological polar surface area (TPSA) is 125 Å². The van der Waals surface area contributed by atoms with Crippen LogP contribution in [0.5, 0.6) is 5.75 Å². The van der Waals surface area contributed by atoms with Crippen LogP contribution in [-0.2, 0) is 4.79 Å². The fraction of sp³-hybridized carbons (Fsp3) is 0.219. The average Bonchev–Trinajstić information content (AvgIpc) is 3.60. The minimum atomic E-state index is -0.399. The predicted octanol–water partition coefficient (Wildman–Crippen LogP) is 5.90. The van der Waals surface area contributed by atoms with E-state index in [-0.39, 0.29) is 11.8 Å². The van der Waals surface area contributed by atoms with Crippen LogP contribution >= 0.6 is 0 Å². The van der Waals surface area contributed by atoms with Gasteiger partial charge in [-0.3, -0.25) is 19.9 Å². The molecule has 0 aliphatic carbocycles. The SMILES string of the molecule is CC(C)C(=O)Nc1cncc(-c2ccc3[nH]nc(-c4cc5c(-c6cc(F)cc(OCCN(C)C)c6)nccc5[nH]4)c3n2)c1. The molecule has 10 nitrogen and oxygen atoms in total. The molecule has 0 spiro atoms. The van der Waals surface area contributed by atoms with Gasteiger partial charge in [0.25, 0.3) is 0 Å². The van der Waals surface area contributed by atoms with Gasteiger partial charge in [-0.2, -0.15) is 5.10 Å². The van der Waals surface area contributed by atoms with E-state index in [0.29, 0.717) is 52.8 Å². The fourth-order valence-electron chi connectivity index (χ4n) is 4.72. The first kappa shape index (κ1) is 28.0. The number of nitrogens with one attached hydrogen (secondary N) is 3. The van der Waals surface area contributed by atoms with Crippen molar-refractivity contribution in [3.63, 3.8) is 0 Å². The Kier molecular flexibility index (Phi) is 7.56. The normalized spacial score (nSPS) is 11.6. The summed E-state index contributed by atoms with van der Waals surface area (Å²) in [6, 6.07) is 14.1. The molecule has 6 aromatic rings. The molecule has 0 aliphatic rings. The molecular weight excluding hydrogens is 547 g/mol. The second-order valence-corrected chi connectivity index (χ2v) is 10.9. The van der Waals surface area contributed by atoms with Crippen LogP contribution in [-0.4, -0.2) is 68.2 Å². The van der Waals surface area contributed by atoms with Gasteiger partial charge in [0.05, 0.1) is 34.5 Å². The molecule has 0 unspecified atom stereocenters. The molecule has 1 amide bonds. The molecule has 6 rings (SSSR count). The average molecular weight is 579 g/mol. The summed E-state index contributed by atoms with van der Waals surface area (Å²) in [4.78, 5) is 31.4. The van der Waals surface area contributed by atoms with E-state index in [4.69, 9.17) is 9.72 Å². The first-order valence-corrected chi connectivity index (χ1v) is 13.9. The zero-order valence-electron chi connectivity index (χ0n) is 24.3. The maximum absolute atomic E-state index is 14.6. The molecule has 0 aliphatic heterocycles. The molecular formula is C32H31FN8O2. The molecule has 0 saturated heterocycles. The van der Waals surface area contributed by atoms with E-state index in [9.17, 15) is 9.18 Å². The van der Waals surface area contributed by atoms with Crippen molar-refractivity contribution >= 4 is 33.5 Å². The number of amides is 1. The molecule has 1 aromatic carbocycles. The van der Waals surface area contributed by atoms with Crippen molar-refractivity contribution < 1.29 is 13.9 Å². The molecule has 11 heteroatoms. The maximum atomic E-state index is 14.6. The Hall–Kier alpha value is -5.16. The number of likely N-dealkylation sites (N-methyl/N-ethyl adjacent to an activating group) is 1. The number of H-pyrrole nitrogens is 2. The number of pyridine rings is 3. The Morgan fingerprint density at radius 2 is 1.88 bits per heavy atom. The van der Waals surface area contributed by atoms with Crippen LogP contribution in [0.15, 0.2) is 67.1 Å². The Morgan fingerprint density at radius 3 is 2.70 bits per heavy atom. The van der Waals surface area contributed by atoms with E-state index in [1.165, 1.54) is 12.1 Å². The quantitative estimate of drug-likeness (QED) is 0.195. The number of aromatic amines is 2. The first-order valence-electron chi connectivity index (χ1n) is 13.9. The molecule has 0 atom stereocenters. The number of hydrogen-bond donors (Lipinski definition) is 3. The van der Waals surface area contributed by atoms with Crippen LogP contribution in [0.3, 0.4) is 0 Å². The summed E-state index contributed by atoms with van der Waals surface area (Å²) in [5.74, 6) is -0.186. The minimum Gasteiger partial charge on any atom is -0.492 e. The van der Waals surface area contributed by atoms with Gasteiger partial charge in [-0.25, -0.2) is 9.37 Å². The Morgan fingerprint density at radius 1 is 1.02 bits per heavy atom. The molecule has 0 radical (unpaired) electrons. The van der Waals surface area contributed by atoms with Crippen molar-refractivity contribution in [3.05, 3.63) is 72.9 Å². The van der Waals surface area contributed by atoms with Gasteiger partial charge >= 0.3 is 0 Å². The lowest BCUT2D eigenvalue weighted by Gasteiger charge is -2.12. The van der Waals surface area contributed by atoms with E-state index in [1.54, 1.807) is 24.7 Å². The van der Waals surface area contributed by atoms with Gasteiger partial charge in [0.2, 0.25) is 5.91 Å². The summed E-state index contributed by atoms with van der Waals surface area (Å²) in [5.41, 5.74) is 6.89. The highest BCUT2D eigenvalue weighted by Crippen LogP contribution is 2.34. The van der Waals surface area contributed by atoms with Gasteiger partial charge in [0.15, 0.2) is 0 Å². The highest BCUT2D eigenvalue weighted by Gasteiger charge is 2.17. The van der Waals surface area contributed by atoms with Gasteiger partial charge in [-0.1, -0.05) is 13.8 Å². The first-order chi connectivity index (χ1) is 20.7. The summed E-state index contributed by atoms with van der Waals surface area (Å²) >= 11 is 0. The van der Waals surface area contributed by atoms with Crippen LogP contribution in [0.2, 0.25) is 0 Å². The van der Waals surface area contributed by atoms with Crippen LogP contribution in [0.4, 0.5) is 10.1 Å². The number of anilines is 1. The van der Waals surface area contributed by atoms with Crippen LogP contribution in [0, 0.1) is 11.7 Å². The molecule has 0 fully saturated rings. The number of benzene rings is 1. The van der Waals surface area contributed by atoms with E-state index < -0.39 is 5.82 Å². The number of carbonyl (C=O) groups excluding carboxylic acids is 1. The van der Waals surface area contributed by atoms with Gasteiger partial charge in [-0.15, -0.1) is 0 Å². The Balaban J connectivity index is 1.36. The number of fused-ring (bicyclic) bond motifs is 2. The second-order valence-electron chi connectivity index (χ2n) is 10.9. The van der Waals surface area contributed by atoms with Crippen LogP contribution in [0.25, 0.3) is 55.8 Å². The summed E-state index contributed by atoms with van der Waals surface area (Å²) < 4.78 is 20.4. The lowest BCUT2D eigenvalue weighted by Crippen LogP contribution is -2.19. The molecule has 0 saturated carbocycles. The zero-order valence-corrected chi connectivity index (χ0v) is 24.3. The summed E-state index contributed by atoms with van der Waals surface area (Å²) in [7, 11) is 3.91. The molecule has 0 bridgehead atoms. The van der Waals surface area contributed by atoms with Crippen molar-refractivity contribution in [1.29, 1.82) is 0 Å². The molecule has 5 aromatic heterocycles. The second kappa shape index (κ2) is 11.6. The van der Waals surface area contributed by atoms with Gasteiger partial charge < -0.3 is 19.9 Å². The third-order valence-electron chi connectivity index (χ3n) is 6.99. The maximum Gasteiger partial charge on any atom is 0.226 e. The lowest BCUT2D eigenvalue weighted by molar-refractivity contribution is -0.118. The highest BCUT2D eigenvalue weighted by molar-refractivity contribution is 5.99. The van der Waals surface area contributed by atoms with Crippen molar-refractivity contribution in [3.8, 4) is 39.7 Å². The third kappa shape index (κ3) is 5.93. The van der Waals surface area contributed by atoms with E-state index >= 15 is 0 Å². The van der Waals surface area contributed by atoms with E-state index in [1.807, 2.05) is 63.2 Å². The highest BCUT2D eigenvalue weighted by atomic mass is 19.1. The van der Waals surface area contributed by atoms with Gasteiger partial charge in [0.1, 0.15) is 29.4 Å². The lowest BCUT2D eigenvalue weighted by atomic mass is 10.1.